The fraction of sp³-hybridized carbons (Fsp3) is 0.455. The first-order valence-corrected chi connectivity index (χ1v) is 5.33. The van der Waals surface area contributed by atoms with Gasteiger partial charge in [-0.2, -0.15) is 5.10 Å². The Kier molecular flexibility index (Phi) is 1.95. The molecule has 15 heavy (non-hydrogen) atoms. The summed E-state index contributed by atoms with van der Waals surface area (Å²) >= 11 is 0. The lowest BCUT2D eigenvalue weighted by Gasteiger charge is -2.23. The molecule has 0 amide bonds. The van der Waals surface area contributed by atoms with Gasteiger partial charge in [0.25, 0.3) is 0 Å². The molecule has 0 aromatic carbocycles. The Balaban J connectivity index is 2.19. The van der Waals surface area contributed by atoms with Crippen molar-refractivity contribution in [1.29, 1.82) is 0 Å². The minimum Gasteiger partial charge on any atom is -0.391 e. The van der Waals surface area contributed by atoms with Crippen LogP contribution in [0.15, 0.2) is 18.5 Å². The average Bonchev–Trinajstić information content (AvgIpc) is 2.53. The van der Waals surface area contributed by atoms with Crippen molar-refractivity contribution in [3.63, 3.8) is 0 Å². The number of hydrogen-bond donors (Lipinski definition) is 1. The average molecular weight is 203 g/mol. The van der Waals surface area contributed by atoms with Crippen LogP contribution in [0.4, 0.5) is 0 Å². The van der Waals surface area contributed by atoms with Crippen LogP contribution in [-0.4, -0.2) is 19.7 Å². The lowest BCUT2D eigenvalue weighted by Crippen LogP contribution is -2.11. The number of aromatic nitrogens is 3. The van der Waals surface area contributed by atoms with E-state index in [-0.39, 0.29) is 6.61 Å². The molecule has 0 atom stereocenters. The number of aliphatic hydroxyl groups excluding tert-OH is 1. The molecule has 0 bridgehead atoms. The van der Waals surface area contributed by atoms with E-state index in [0.717, 1.165) is 16.9 Å². The van der Waals surface area contributed by atoms with Crippen molar-refractivity contribution in [2.24, 2.45) is 0 Å². The number of fused-ring (bicyclic) bond motifs is 1. The summed E-state index contributed by atoms with van der Waals surface area (Å²) < 4.78 is 1.76. The van der Waals surface area contributed by atoms with Crippen molar-refractivity contribution in [1.82, 2.24) is 14.6 Å². The summed E-state index contributed by atoms with van der Waals surface area (Å²) in [6, 6.07) is 1.85. The second kappa shape index (κ2) is 3.31. The third-order valence-electron chi connectivity index (χ3n) is 3.17. The fourth-order valence-electron chi connectivity index (χ4n) is 2.11. The van der Waals surface area contributed by atoms with Crippen LogP contribution in [0.1, 0.15) is 36.4 Å². The van der Waals surface area contributed by atoms with E-state index in [1.54, 1.807) is 10.7 Å². The summed E-state index contributed by atoms with van der Waals surface area (Å²) in [5, 5.41) is 13.9. The van der Waals surface area contributed by atoms with Gasteiger partial charge in [-0.1, -0.05) is 6.42 Å². The molecule has 0 unspecified atom stereocenters. The molecule has 0 spiro atoms. The van der Waals surface area contributed by atoms with Crippen LogP contribution in [0, 0.1) is 0 Å². The predicted molar refractivity (Wildman–Crippen MR) is 55.5 cm³/mol. The third kappa shape index (κ3) is 1.25. The van der Waals surface area contributed by atoms with E-state index in [1.807, 2.05) is 12.3 Å². The Morgan fingerprint density at radius 2 is 2.33 bits per heavy atom. The minimum atomic E-state index is 0.0341. The van der Waals surface area contributed by atoms with Gasteiger partial charge in [0.1, 0.15) is 0 Å². The number of hydrogen-bond acceptors (Lipinski definition) is 3. The van der Waals surface area contributed by atoms with Crippen LogP contribution in [-0.2, 0) is 6.61 Å². The van der Waals surface area contributed by atoms with Gasteiger partial charge in [0, 0.05) is 23.9 Å². The molecule has 1 fully saturated rings. The maximum atomic E-state index is 9.38. The van der Waals surface area contributed by atoms with E-state index in [0.29, 0.717) is 5.92 Å². The van der Waals surface area contributed by atoms with Crippen LogP contribution in [0.3, 0.4) is 0 Å². The standard InChI is InChI=1S/C11H13N3O/c15-7-9-10(8-3-1-4-8)13-14-6-2-5-12-11(9)14/h2,5-6,8,15H,1,3-4,7H2. The monoisotopic (exact) mass is 203 g/mol. The molecular weight excluding hydrogens is 190 g/mol. The molecule has 3 rings (SSSR count). The Hall–Kier alpha value is -1.42. The normalized spacial score (nSPS) is 16.9. The molecule has 78 valence electrons. The van der Waals surface area contributed by atoms with Gasteiger partial charge in [-0.15, -0.1) is 0 Å². The van der Waals surface area contributed by atoms with Crippen molar-refractivity contribution in [2.45, 2.75) is 31.8 Å². The second-order valence-corrected chi connectivity index (χ2v) is 4.04. The molecule has 0 radical (unpaired) electrons. The van der Waals surface area contributed by atoms with Crippen molar-refractivity contribution < 1.29 is 5.11 Å². The van der Waals surface area contributed by atoms with Crippen LogP contribution < -0.4 is 0 Å². The Morgan fingerprint density at radius 3 is 3.00 bits per heavy atom. The molecule has 2 heterocycles. The summed E-state index contributed by atoms with van der Waals surface area (Å²) in [6.45, 7) is 0.0341. The first-order valence-electron chi connectivity index (χ1n) is 5.33. The summed E-state index contributed by atoms with van der Waals surface area (Å²) in [4.78, 5) is 4.25. The highest BCUT2D eigenvalue weighted by Crippen LogP contribution is 2.37. The molecule has 1 aliphatic rings. The molecule has 0 saturated heterocycles. The van der Waals surface area contributed by atoms with Gasteiger partial charge in [-0.05, 0) is 18.9 Å². The molecule has 4 nitrogen and oxygen atoms in total. The van der Waals surface area contributed by atoms with Crippen LogP contribution in [0.25, 0.3) is 5.65 Å². The van der Waals surface area contributed by atoms with E-state index in [2.05, 4.69) is 10.1 Å². The smallest absolute Gasteiger partial charge is 0.160 e. The maximum Gasteiger partial charge on any atom is 0.160 e. The van der Waals surface area contributed by atoms with Gasteiger partial charge >= 0.3 is 0 Å². The van der Waals surface area contributed by atoms with Gasteiger partial charge in [0.2, 0.25) is 0 Å². The molecule has 4 heteroatoms. The lowest BCUT2D eigenvalue weighted by molar-refractivity contribution is 0.278. The number of nitrogens with zero attached hydrogens (tertiary/aromatic N) is 3. The molecule has 1 saturated carbocycles. The SMILES string of the molecule is OCc1c(C2CCC2)nn2cccnc12. The van der Waals surface area contributed by atoms with E-state index < -0.39 is 0 Å². The van der Waals surface area contributed by atoms with Crippen molar-refractivity contribution in [2.75, 3.05) is 0 Å². The Bertz CT molecular complexity index is 488. The Labute approximate surface area is 87.6 Å². The van der Waals surface area contributed by atoms with Gasteiger partial charge in [0.05, 0.1) is 12.3 Å². The topological polar surface area (TPSA) is 50.4 Å². The maximum absolute atomic E-state index is 9.38. The van der Waals surface area contributed by atoms with Gasteiger partial charge in [-0.25, -0.2) is 9.50 Å². The van der Waals surface area contributed by atoms with Crippen LogP contribution in [0.2, 0.25) is 0 Å². The summed E-state index contributed by atoms with van der Waals surface area (Å²) in [6.07, 6.45) is 7.27. The van der Waals surface area contributed by atoms with Crippen molar-refractivity contribution in [3.8, 4) is 0 Å². The highest BCUT2D eigenvalue weighted by Gasteiger charge is 2.26. The van der Waals surface area contributed by atoms with Gasteiger partial charge in [0.15, 0.2) is 5.65 Å². The molecule has 0 aliphatic heterocycles. The zero-order chi connectivity index (χ0) is 10.3. The van der Waals surface area contributed by atoms with Crippen molar-refractivity contribution in [3.05, 3.63) is 29.7 Å². The first kappa shape index (κ1) is 8.85. The number of rotatable bonds is 2. The van der Waals surface area contributed by atoms with E-state index in [1.165, 1.54) is 19.3 Å². The largest absolute Gasteiger partial charge is 0.391 e. The molecular formula is C11H13N3O. The van der Waals surface area contributed by atoms with E-state index >= 15 is 0 Å². The highest BCUT2D eigenvalue weighted by molar-refractivity contribution is 5.50. The van der Waals surface area contributed by atoms with Crippen molar-refractivity contribution >= 4 is 5.65 Å². The van der Waals surface area contributed by atoms with Gasteiger partial charge < -0.3 is 5.11 Å². The summed E-state index contributed by atoms with van der Waals surface area (Å²) in [7, 11) is 0. The predicted octanol–water partition coefficient (Wildman–Crippen LogP) is 1.49. The molecule has 2 aromatic heterocycles. The lowest BCUT2D eigenvalue weighted by atomic mass is 9.81. The highest BCUT2D eigenvalue weighted by atomic mass is 16.3. The fourth-order valence-corrected chi connectivity index (χ4v) is 2.11. The zero-order valence-electron chi connectivity index (χ0n) is 8.43. The van der Waals surface area contributed by atoms with Crippen LogP contribution in [0.5, 0.6) is 0 Å². The van der Waals surface area contributed by atoms with E-state index in [9.17, 15) is 5.11 Å². The number of aliphatic hydroxyl groups is 1. The zero-order valence-corrected chi connectivity index (χ0v) is 8.43. The summed E-state index contributed by atoms with van der Waals surface area (Å²) in [5.74, 6) is 0.536. The minimum absolute atomic E-state index is 0.0341. The quantitative estimate of drug-likeness (QED) is 0.804. The first-order chi connectivity index (χ1) is 7.40. The molecule has 1 aliphatic carbocycles. The van der Waals surface area contributed by atoms with Gasteiger partial charge in [-0.3, -0.25) is 0 Å². The summed E-state index contributed by atoms with van der Waals surface area (Å²) in [5.41, 5.74) is 2.74. The molecule has 1 N–H and O–H groups in total. The molecule has 2 aromatic rings. The van der Waals surface area contributed by atoms with E-state index in [4.69, 9.17) is 0 Å². The third-order valence-corrected chi connectivity index (χ3v) is 3.17. The second-order valence-electron chi connectivity index (χ2n) is 4.04. The van der Waals surface area contributed by atoms with Crippen LogP contribution >= 0.6 is 0 Å². The Morgan fingerprint density at radius 1 is 1.47 bits per heavy atom.